The van der Waals surface area contributed by atoms with Gasteiger partial charge < -0.3 is 15.2 Å². The summed E-state index contributed by atoms with van der Waals surface area (Å²) in [5, 5.41) is 14.1. The van der Waals surface area contributed by atoms with E-state index in [1.807, 2.05) is 44.2 Å². The molecule has 220 valence electrons. The molecule has 0 bridgehead atoms. The molecule has 1 unspecified atom stereocenters. The van der Waals surface area contributed by atoms with Crippen molar-refractivity contribution in [2.24, 2.45) is 5.41 Å². The van der Waals surface area contributed by atoms with Crippen LogP contribution in [0.1, 0.15) is 47.9 Å². The highest BCUT2D eigenvalue weighted by molar-refractivity contribution is 7.95. The number of phenolic OH excluding ortho intramolecular Hbond substituents is 1. The third-order valence-electron chi connectivity index (χ3n) is 7.55. The maximum Gasteiger partial charge on any atom is 0.277 e. The number of fused-ring (bicyclic) bond motifs is 1. The average molecular weight is 600 g/mol. The van der Waals surface area contributed by atoms with Gasteiger partial charge in [0.25, 0.3) is 5.91 Å². The number of benzene rings is 3. The van der Waals surface area contributed by atoms with Crippen molar-refractivity contribution < 1.29 is 27.4 Å². The quantitative estimate of drug-likeness (QED) is 0.257. The van der Waals surface area contributed by atoms with Crippen molar-refractivity contribution in [1.29, 1.82) is 0 Å². The fourth-order valence-electron chi connectivity index (χ4n) is 5.78. The van der Waals surface area contributed by atoms with E-state index >= 15 is 4.39 Å². The first-order valence-electron chi connectivity index (χ1n) is 13.8. The number of aromatic nitrogens is 1. The zero-order chi connectivity index (χ0) is 30.4. The Labute approximate surface area is 249 Å². The molecule has 4 aromatic rings. The van der Waals surface area contributed by atoms with Crippen LogP contribution in [0.4, 0.5) is 15.8 Å². The van der Waals surface area contributed by atoms with Gasteiger partial charge in [0.05, 0.1) is 16.3 Å². The number of phenols is 1. The summed E-state index contributed by atoms with van der Waals surface area (Å²) in [6.07, 6.45) is 1.74. The number of hydrogen-bond acceptors (Lipinski definition) is 7. The van der Waals surface area contributed by atoms with Crippen molar-refractivity contribution in [3.05, 3.63) is 124 Å². The third kappa shape index (κ3) is 5.46. The van der Waals surface area contributed by atoms with Crippen LogP contribution in [-0.2, 0) is 16.4 Å². The number of nitrogens with one attached hydrogen (secondary N) is 1. The second-order valence-electron chi connectivity index (χ2n) is 11.5. The third-order valence-corrected chi connectivity index (χ3v) is 9.85. The second-order valence-corrected chi connectivity index (χ2v) is 13.4. The minimum absolute atomic E-state index is 0.0302. The Hall–Kier alpha value is -4.70. The van der Waals surface area contributed by atoms with Crippen LogP contribution in [0.25, 0.3) is 0 Å². The molecule has 0 radical (unpaired) electrons. The van der Waals surface area contributed by atoms with Crippen LogP contribution in [0.2, 0.25) is 0 Å². The van der Waals surface area contributed by atoms with Gasteiger partial charge in [-0.1, -0.05) is 56.3 Å². The van der Waals surface area contributed by atoms with Gasteiger partial charge in [0.2, 0.25) is 0 Å². The summed E-state index contributed by atoms with van der Waals surface area (Å²) in [5.41, 5.74) is 0.867. The predicted molar refractivity (Wildman–Crippen MR) is 162 cm³/mol. The van der Waals surface area contributed by atoms with Crippen LogP contribution in [0.15, 0.2) is 102 Å². The van der Waals surface area contributed by atoms with Crippen molar-refractivity contribution >= 4 is 27.1 Å². The number of nitrogens with zero attached hydrogens (tertiary/aromatic N) is 2. The molecule has 2 aliphatic heterocycles. The van der Waals surface area contributed by atoms with Gasteiger partial charge in [-0.15, -0.1) is 0 Å². The van der Waals surface area contributed by atoms with Crippen LogP contribution in [-0.4, -0.2) is 30.2 Å². The van der Waals surface area contributed by atoms with E-state index in [-0.39, 0.29) is 57.8 Å². The molecule has 0 fully saturated rings. The number of amides is 1. The minimum Gasteiger partial charge on any atom is -0.506 e. The minimum atomic E-state index is -4.04. The topological polar surface area (TPSA) is 109 Å². The van der Waals surface area contributed by atoms with Crippen molar-refractivity contribution in [2.45, 2.75) is 32.9 Å². The molecule has 43 heavy (non-hydrogen) atoms. The largest absolute Gasteiger partial charge is 0.506 e. The monoisotopic (exact) mass is 599 g/mol. The Bertz CT molecular complexity index is 1840. The van der Waals surface area contributed by atoms with Gasteiger partial charge >= 0.3 is 0 Å². The number of hydrogen-bond donors (Lipinski definition) is 2. The SMILES string of the molecule is CC1(C)CC2=C(C(c3ccc(OCc4ccccc4)cc3F)N(C(=O)c3ccccn3)c3cccc(O)c3N2)S(=O)(=O)C1. The summed E-state index contributed by atoms with van der Waals surface area (Å²) in [6, 6.07) is 21.6. The molecule has 8 nitrogen and oxygen atoms in total. The number of anilines is 2. The van der Waals surface area contributed by atoms with E-state index in [2.05, 4.69) is 10.3 Å². The summed E-state index contributed by atoms with van der Waals surface area (Å²) >= 11 is 0. The van der Waals surface area contributed by atoms with Crippen LogP contribution in [0.5, 0.6) is 11.5 Å². The van der Waals surface area contributed by atoms with Crippen molar-refractivity contribution in [2.75, 3.05) is 16.0 Å². The fraction of sp³-hybridized carbons (Fsp3) is 0.212. The summed E-state index contributed by atoms with van der Waals surface area (Å²) in [4.78, 5) is 19.6. The molecule has 0 saturated heterocycles. The molecule has 1 aromatic heterocycles. The van der Waals surface area contributed by atoms with Gasteiger partial charge in [0.15, 0.2) is 9.84 Å². The number of halogens is 1. The van der Waals surface area contributed by atoms with E-state index in [1.54, 1.807) is 30.3 Å². The lowest BCUT2D eigenvalue weighted by molar-refractivity contribution is 0.0975. The first-order valence-corrected chi connectivity index (χ1v) is 15.4. The Morgan fingerprint density at radius 1 is 1.07 bits per heavy atom. The smallest absolute Gasteiger partial charge is 0.277 e. The van der Waals surface area contributed by atoms with Crippen molar-refractivity contribution in [3.63, 3.8) is 0 Å². The molecule has 3 aromatic carbocycles. The van der Waals surface area contributed by atoms with Gasteiger partial charge in [-0.05, 0) is 53.8 Å². The van der Waals surface area contributed by atoms with E-state index < -0.39 is 33.0 Å². The van der Waals surface area contributed by atoms with E-state index in [4.69, 9.17) is 4.74 Å². The number of aromatic hydroxyl groups is 1. The normalized spacial score (nSPS) is 18.6. The zero-order valence-electron chi connectivity index (χ0n) is 23.6. The van der Waals surface area contributed by atoms with Crippen LogP contribution < -0.4 is 15.0 Å². The number of rotatable bonds is 5. The Balaban J connectivity index is 1.56. The number of sulfone groups is 1. The van der Waals surface area contributed by atoms with Gasteiger partial charge in [-0.2, -0.15) is 0 Å². The highest BCUT2D eigenvalue weighted by Crippen LogP contribution is 2.52. The first-order chi connectivity index (χ1) is 20.5. The molecule has 0 saturated carbocycles. The molecule has 1 amide bonds. The number of carbonyl (C=O) groups is 1. The number of carbonyl (C=O) groups excluding carboxylic acids is 1. The van der Waals surface area contributed by atoms with Crippen molar-refractivity contribution in [3.8, 4) is 11.5 Å². The maximum absolute atomic E-state index is 16.2. The Kier molecular flexibility index (Phi) is 7.17. The highest BCUT2D eigenvalue weighted by Gasteiger charge is 2.48. The molecular weight excluding hydrogens is 569 g/mol. The average Bonchev–Trinajstić information content (AvgIpc) is 3.11. The van der Waals surface area contributed by atoms with E-state index in [9.17, 15) is 18.3 Å². The predicted octanol–water partition coefficient (Wildman–Crippen LogP) is 6.38. The standard InChI is InChI=1S/C33H30FN3O5S/c1-33(2)18-26-31(43(40,41)20-33)30(23-15-14-22(17-24(23)34)42-19-21-9-4-3-5-10-21)37(32(39)25-11-6-7-16-35-25)27-12-8-13-28(38)29(27)36-26/h3-17,30,36,38H,18-20H2,1-2H3. The summed E-state index contributed by atoms with van der Waals surface area (Å²) < 4.78 is 50.2. The summed E-state index contributed by atoms with van der Waals surface area (Å²) in [7, 11) is -4.04. The lowest BCUT2D eigenvalue weighted by atomic mass is 9.88. The first kappa shape index (κ1) is 28.4. The van der Waals surface area contributed by atoms with E-state index in [0.717, 1.165) is 5.56 Å². The number of para-hydroxylation sites is 1. The molecule has 1 atom stereocenters. The molecule has 2 N–H and O–H groups in total. The molecule has 0 aliphatic carbocycles. The van der Waals surface area contributed by atoms with E-state index in [0.29, 0.717) is 5.70 Å². The van der Waals surface area contributed by atoms with Crippen LogP contribution in [0.3, 0.4) is 0 Å². The second kappa shape index (κ2) is 10.9. The van der Waals surface area contributed by atoms with Gasteiger partial charge in [-0.25, -0.2) is 12.8 Å². The fourth-order valence-corrected chi connectivity index (χ4v) is 8.14. The molecule has 0 spiro atoms. The maximum atomic E-state index is 16.2. The number of pyridine rings is 1. The van der Waals surface area contributed by atoms with Crippen LogP contribution in [0, 0.1) is 11.2 Å². The van der Waals surface area contributed by atoms with Gasteiger partial charge in [0.1, 0.15) is 41.3 Å². The molecule has 2 aliphatic rings. The molecule has 6 rings (SSSR count). The lowest BCUT2D eigenvalue weighted by Crippen LogP contribution is -2.41. The van der Waals surface area contributed by atoms with Gasteiger partial charge in [-0.3, -0.25) is 14.7 Å². The Morgan fingerprint density at radius 3 is 2.56 bits per heavy atom. The zero-order valence-corrected chi connectivity index (χ0v) is 24.4. The van der Waals surface area contributed by atoms with E-state index in [1.165, 1.54) is 35.4 Å². The summed E-state index contributed by atoms with van der Waals surface area (Å²) in [5.74, 6) is -1.54. The molecule has 10 heteroatoms. The lowest BCUT2D eigenvalue weighted by Gasteiger charge is -2.37. The number of ether oxygens (including phenoxy) is 1. The number of allylic oxidation sites excluding steroid dienone is 1. The van der Waals surface area contributed by atoms with Gasteiger partial charge in [0, 0.05) is 23.5 Å². The molecular formula is C33H30FN3O5S. The molecule has 3 heterocycles. The highest BCUT2D eigenvalue weighted by atomic mass is 32.2. The summed E-state index contributed by atoms with van der Waals surface area (Å²) in [6.45, 7) is 3.87. The van der Waals surface area contributed by atoms with Crippen LogP contribution >= 0.6 is 0 Å². The Morgan fingerprint density at radius 2 is 1.84 bits per heavy atom. The van der Waals surface area contributed by atoms with Crippen molar-refractivity contribution in [1.82, 2.24) is 4.98 Å².